The van der Waals surface area contributed by atoms with Gasteiger partial charge in [-0.25, -0.2) is 0 Å². The lowest BCUT2D eigenvalue weighted by molar-refractivity contribution is -0.131. The molecule has 1 heterocycles. The number of rotatable bonds is 7. The number of fused-ring (bicyclic) bond motifs is 1. The van der Waals surface area contributed by atoms with Crippen molar-refractivity contribution in [3.05, 3.63) is 29.8 Å². The van der Waals surface area contributed by atoms with Gasteiger partial charge in [0.2, 0.25) is 11.8 Å². The van der Waals surface area contributed by atoms with Crippen molar-refractivity contribution in [3.63, 3.8) is 0 Å². The molecule has 0 saturated carbocycles. The molecular formula is C17H25N3O2. The van der Waals surface area contributed by atoms with Crippen LogP contribution in [-0.2, 0) is 16.0 Å². The van der Waals surface area contributed by atoms with Gasteiger partial charge < -0.3 is 16.0 Å². The highest BCUT2D eigenvalue weighted by Crippen LogP contribution is 2.28. The molecule has 22 heavy (non-hydrogen) atoms. The minimum absolute atomic E-state index is 0.0140. The van der Waals surface area contributed by atoms with Gasteiger partial charge in [-0.15, -0.1) is 0 Å². The maximum Gasteiger partial charge on any atom is 0.231 e. The van der Waals surface area contributed by atoms with Crippen LogP contribution in [0.3, 0.4) is 0 Å². The number of benzene rings is 1. The molecule has 0 radical (unpaired) electrons. The van der Waals surface area contributed by atoms with Crippen LogP contribution in [0.1, 0.15) is 32.3 Å². The lowest BCUT2D eigenvalue weighted by Crippen LogP contribution is -2.47. The fourth-order valence-corrected chi connectivity index (χ4v) is 2.98. The number of carbonyl (C=O) groups excluding carboxylic acids is 2. The molecule has 5 nitrogen and oxygen atoms in total. The molecule has 0 aliphatic carbocycles. The Labute approximate surface area is 131 Å². The van der Waals surface area contributed by atoms with E-state index in [-0.39, 0.29) is 11.8 Å². The molecule has 2 amide bonds. The number of amides is 2. The first-order valence-corrected chi connectivity index (χ1v) is 7.94. The van der Waals surface area contributed by atoms with Crippen molar-refractivity contribution < 1.29 is 9.59 Å². The smallest absolute Gasteiger partial charge is 0.231 e. The molecule has 0 aromatic heterocycles. The maximum atomic E-state index is 12.4. The number of hydrogen-bond acceptors (Lipinski definition) is 3. The number of nitrogens with two attached hydrogens (primary N) is 1. The second kappa shape index (κ2) is 6.92. The molecule has 0 atom stereocenters. The van der Waals surface area contributed by atoms with Crippen LogP contribution < -0.4 is 16.0 Å². The minimum Gasteiger partial charge on any atom is -0.354 e. The second-order valence-electron chi connectivity index (χ2n) is 5.80. The molecule has 3 N–H and O–H groups in total. The van der Waals surface area contributed by atoms with Gasteiger partial charge in [0.25, 0.3) is 0 Å². The number of carbonyl (C=O) groups is 2. The van der Waals surface area contributed by atoms with Gasteiger partial charge in [-0.1, -0.05) is 32.0 Å². The molecular weight excluding hydrogens is 278 g/mol. The topological polar surface area (TPSA) is 75.4 Å². The van der Waals surface area contributed by atoms with Gasteiger partial charge in [-0.2, -0.15) is 0 Å². The summed E-state index contributed by atoms with van der Waals surface area (Å²) in [5.74, 6) is 0.0754. The van der Waals surface area contributed by atoms with E-state index in [1.165, 1.54) is 0 Å². The quantitative estimate of drug-likeness (QED) is 0.800. The average Bonchev–Trinajstić information content (AvgIpc) is 2.85. The van der Waals surface area contributed by atoms with Crippen molar-refractivity contribution in [2.24, 2.45) is 11.1 Å². The first-order valence-electron chi connectivity index (χ1n) is 7.94. The van der Waals surface area contributed by atoms with Crippen LogP contribution in [0.2, 0.25) is 0 Å². The van der Waals surface area contributed by atoms with Crippen LogP contribution in [-0.4, -0.2) is 31.4 Å². The first kappa shape index (κ1) is 16.5. The number of nitrogens with zero attached hydrogens (tertiary/aromatic N) is 1. The third kappa shape index (κ3) is 2.99. The Kier molecular flexibility index (Phi) is 5.19. The number of hydrogen-bond donors (Lipinski definition) is 2. The normalized spacial score (nSPS) is 14.1. The average molecular weight is 303 g/mol. The van der Waals surface area contributed by atoms with Crippen molar-refractivity contribution in [1.82, 2.24) is 5.32 Å². The van der Waals surface area contributed by atoms with E-state index in [1.807, 2.05) is 38.1 Å². The predicted octanol–water partition coefficient (Wildman–Crippen LogP) is 1.46. The standard InChI is InChI=1S/C17H25N3O2/c1-3-17(4-2,12-18)16(22)19-9-10-20-14-8-6-5-7-13(14)11-15(20)21/h5-8H,3-4,9-12,18H2,1-2H3,(H,19,22). The van der Waals surface area contributed by atoms with Crippen LogP contribution in [0.15, 0.2) is 24.3 Å². The Morgan fingerprint density at radius 3 is 2.64 bits per heavy atom. The number of anilines is 1. The van der Waals surface area contributed by atoms with Crippen LogP contribution in [0.25, 0.3) is 0 Å². The molecule has 1 aliphatic heterocycles. The van der Waals surface area contributed by atoms with Crippen LogP contribution >= 0.6 is 0 Å². The van der Waals surface area contributed by atoms with Gasteiger partial charge in [-0.05, 0) is 24.5 Å². The van der Waals surface area contributed by atoms with Gasteiger partial charge in [0.15, 0.2) is 0 Å². The van der Waals surface area contributed by atoms with E-state index in [0.717, 1.165) is 24.1 Å². The predicted molar refractivity (Wildman–Crippen MR) is 87.6 cm³/mol. The highest BCUT2D eigenvalue weighted by Gasteiger charge is 2.33. The number of nitrogens with one attached hydrogen (secondary N) is 1. The van der Waals surface area contributed by atoms with Crippen molar-refractivity contribution in [2.75, 3.05) is 24.5 Å². The van der Waals surface area contributed by atoms with E-state index >= 15 is 0 Å². The lowest BCUT2D eigenvalue weighted by Gasteiger charge is -2.29. The summed E-state index contributed by atoms with van der Waals surface area (Å²) in [6.45, 7) is 5.25. The largest absolute Gasteiger partial charge is 0.354 e. The van der Waals surface area contributed by atoms with Crippen molar-refractivity contribution in [2.45, 2.75) is 33.1 Å². The van der Waals surface area contributed by atoms with Crippen molar-refractivity contribution in [1.29, 1.82) is 0 Å². The zero-order chi connectivity index (χ0) is 16.2. The molecule has 5 heteroatoms. The van der Waals surface area contributed by atoms with E-state index in [2.05, 4.69) is 5.32 Å². The SMILES string of the molecule is CCC(CC)(CN)C(=O)NCCN1C(=O)Cc2ccccc21. The summed E-state index contributed by atoms with van der Waals surface area (Å²) >= 11 is 0. The Morgan fingerprint density at radius 2 is 2.00 bits per heavy atom. The molecule has 0 fully saturated rings. The zero-order valence-electron chi connectivity index (χ0n) is 13.4. The second-order valence-corrected chi connectivity index (χ2v) is 5.80. The Balaban J connectivity index is 1.94. The highest BCUT2D eigenvalue weighted by atomic mass is 16.2. The molecule has 0 saturated heterocycles. The molecule has 0 bridgehead atoms. The number of para-hydroxylation sites is 1. The van der Waals surface area contributed by atoms with E-state index < -0.39 is 5.41 Å². The fourth-order valence-electron chi connectivity index (χ4n) is 2.98. The summed E-state index contributed by atoms with van der Waals surface area (Å²) in [5, 5.41) is 2.94. The Bertz CT molecular complexity index is 544. The van der Waals surface area contributed by atoms with Gasteiger partial charge in [0.1, 0.15) is 0 Å². The van der Waals surface area contributed by atoms with E-state index in [4.69, 9.17) is 5.73 Å². The molecule has 1 aromatic rings. The van der Waals surface area contributed by atoms with Gasteiger partial charge in [-0.3, -0.25) is 9.59 Å². The monoisotopic (exact) mass is 303 g/mol. The van der Waals surface area contributed by atoms with Crippen LogP contribution in [0, 0.1) is 5.41 Å². The molecule has 120 valence electrons. The third-order valence-electron chi connectivity index (χ3n) is 4.77. The van der Waals surface area contributed by atoms with E-state index in [9.17, 15) is 9.59 Å². The molecule has 1 aromatic carbocycles. The summed E-state index contributed by atoms with van der Waals surface area (Å²) in [6.07, 6.45) is 1.88. The van der Waals surface area contributed by atoms with E-state index in [0.29, 0.717) is 26.1 Å². The van der Waals surface area contributed by atoms with Crippen molar-refractivity contribution >= 4 is 17.5 Å². The minimum atomic E-state index is -0.493. The van der Waals surface area contributed by atoms with Crippen molar-refractivity contribution in [3.8, 4) is 0 Å². The summed E-state index contributed by atoms with van der Waals surface area (Å²) in [6, 6.07) is 7.79. The van der Waals surface area contributed by atoms with Crippen LogP contribution in [0.5, 0.6) is 0 Å². The Morgan fingerprint density at radius 1 is 1.32 bits per heavy atom. The first-order chi connectivity index (χ1) is 10.6. The van der Waals surface area contributed by atoms with Gasteiger partial charge in [0, 0.05) is 25.3 Å². The highest BCUT2D eigenvalue weighted by molar-refractivity contribution is 6.01. The van der Waals surface area contributed by atoms with Gasteiger partial charge in [0.05, 0.1) is 11.8 Å². The maximum absolute atomic E-state index is 12.4. The molecule has 0 spiro atoms. The van der Waals surface area contributed by atoms with Crippen LogP contribution in [0.4, 0.5) is 5.69 Å². The summed E-state index contributed by atoms with van der Waals surface area (Å²) in [7, 11) is 0. The summed E-state index contributed by atoms with van der Waals surface area (Å²) in [5.41, 5.74) is 7.30. The molecule has 2 rings (SSSR count). The summed E-state index contributed by atoms with van der Waals surface area (Å²) in [4.78, 5) is 26.2. The van der Waals surface area contributed by atoms with Gasteiger partial charge >= 0.3 is 0 Å². The lowest BCUT2D eigenvalue weighted by atomic mass is 9.81. The Hall–Kier alpha value is -1.88. The molecule has 1 aliphatic rings. The zero-order valence-corrected chi connectivity index (χ0v) is 13.4. The van der Waals surface area contributed by atoms with E-state index in [1.54, 1.807) is 4.90 Å². The summed E-state index contributed by atoms with van der Waals surface area (Å²) < 4.78 is 0. The fraction of sp³-hybridized carbons (Fsp3) is 0.529. The molecule has 0 unspecified atom stereocenters. The third-order valence-corrected chi connectivity index (χ3v) is 4.77.